The molecule has 4 N–H and O–H groups in total. The zero-order valence-corrected chi connectivity index (χ0v) is 57.2. The van der Waals surface area contributed by atoms with Gasteiger partial charge in [0.05, 0.1) is 61.1 Å². The molecule has 5 heterocycles. The molecule has 4 unspecified atom stereocenters. The van der Waals surface area contributed by atoms with E-state index in [2.05, 4.69) is 45.2 Å². The van der Waals surface area contributed by atoms with Gasteiger partial charge in [-0.15, -0.1) is 11.8 Å². The molecule has 2 aromatic carbocycles. The van der Waals surface area contributed by atoms with Crippen molar-refractivity contribution < 1.29 is 71.7 Å². The van der Waals surface area contributed by atoms with Crippen molar-refractivity contribution in [1.82, 2.24) is 55.2 Å². The Morgan fingerprint density at radius 1 is 0.814 bits per heavy atom. The van der Waals surface area contributed by atoms with E-state index >= 15 is 0 Å². The third-order valence-corrected chi connectivity index (χ3v) is 19.8. The second-order valence-electron chi connectivity index (χ2n) is 26.1. The van der Waals surface area contributed by atoms with Crippen LogP contribution in [0.1, 0.15) is 119 Å². The molecular weight excluding hydrogens is 1270 g/mol. The number of benzene rings is 2. The molecule has 28 heteroatoms. The summed E-state index contributed by atoms with van der Waals surface area (Å²) in [5.41, 5.74) is 1.53. The molecule has 4 fully saturated rings. The first kappa shape index (κ1) is 76.5. The summed E-state index contributed by atoms with van der Waals surface area (Å²) in [6.07, 6.45) is 10.3. The number of carbonyl (C=O) groups excluding carboxylic acids is 9. The Morgan fingerprint density at radius 2 is 1.48 bits per heavy atom. The number of nitrogens with one attached hydrogen (secondary N) is 3. The van der Waals surface area contributed by atoms with Crippen molar-refractivity contribution in [2.24, 2.45) is 11.8 Å². The number of alkyl halides is 1. The Labute approximate surface area is 571 Å². The van der Waals surface area contributed by atoms with Crippen molar-refractivity contribution in [3.63, 3.8) is 0 Å². The second kappa shape index (κ2) is 39.5. The summed E-state index contributed by atoms with van der Waals surface area (Å²) in [6, 6.07) is 16.2. The molecule has 0 saturated carbocycles. The van der Waals surface area contributed by atoms with Crippen molar-refractivity contribution in [2.45, 2.75) is 133 Å². The summed E-state index contributed by atoms with van der Waals surface area (Å²) in [6.45, 7) is 10.1. The number of carboxylic acids is 1. The van der Waals surface area contributed by atoms with E-state index < -0.39 is 47.2 Å². The Hall–Kier alpha value is -7.84. The number of hydrogen-bond acceptors (Lipinski definition) is 20. The lowest BCUT2D eigenvalue weighted by molar-refractivity contribution is -0.143. The molecule has 0 aliphatic carbocycles. The van der Waals surface area contributed by atoms with E-state index in [4.69, 9.17) is 14.2 Å². The number of imide groups is 1. The lowest BCUT2D eigenvalue weighted by Gasteiger charge is -2.34. The highest BCUT2D eigenvalue weighted by Crippen LogP contribution is 2.33. The fourth-order valence-electron chi connectivity index (χ4n) is 12.7. The van der Waals surface area contributed by atoms with E-state index in [1.54, 1.807) is 36.1 Å². The molecule has 530 valence electrons. The molecule has 3 aromatic rings. The van der Waals surface area contributed by atoms with Crippen molar-refractivity contribution in [3.05, 3.63) is 71.4 Å². The van der Waals surface area contributed by atoms with Crippen LogP contribution in [0, 0.1) is 30.1 Å². The Bertz CT molecular complexity index is 3170. The number of likely N-dealkylation sites (tertiary alicyclic amines) is 3. The van der Waals surface area contributed by atoms with Crippen LogP contribution in [0.4, 0.5) is 4.39 Å². The number of unbranched alkanes of at least 4 members (excludes halogenated alkanes) is 3. The maximum atomic E-state index is 14.6. The summed E-state index contributed by atoms with van der Waals surface area (Å²) < 4.78 is 30.8. The van der Waals surface area contributed by atoms with E-state index in [-0.39, 0.29) is 99.4 Å². The molecule has 1 aromatic heterocycles. The number of nitriles is 1. The number of carboxylic acid groups (broad SMARTS) is 1. The molecule has 4 aliphatic heterocycles. The van der Waals surface area contributed by atoms with Gasteiger partial charge in [0.15, 0.2) is 0 Å². The summed E-state index contributed by atoms with van der Waals surface area (Å²) >= 11 is 1.35. The van der Waals surface area contributed by atoms with Gasteiger partial charge in [0.2, 0.25) is 35.4 Å². The fourth-order valence-corrected chi connectivity index (χ4v) is 14.1. The van der Waals surface area contributed by atoms with E-state index in [0.29, 0.717) is 127 Å². The smallest absolute Gasteiger partial charge is 0.317 e. The number of amides is 7. The molecule has 4 aliphatic rings. The molecule has 97 heavy (non-hydrogen) atoms. The van der Waals surface area contributed by atoms with E-state index in [0.717, 1.165) is 69.1 Å². The largest absolute Gasteiger partial charge is 0.494 e. The SMILES string of the molecule is Cc1ccc(CCCC(=O)NCCCCCC(CNC(=O)CN2CCN(COC=O)CCN(COC=O)CCN(CC(=O)O)CC2)SC2CC(=O)N(CC(C)C(=O)N3CCC(CCCCOc4ccc5nccc(C(=O)NCC(=O)N6CC(C)(F)C[C@@H]6C#N)c5c4)CC3)C2=O)cc1. The highest BCUT2D eigenvalue weighted by molar-refractivity contribution is 8.01. The number of rotatable bonds is 36. The molecule has 5 atom stereocenters. The number of ether oxygens (including phenoxy) is 3. The number of fused-ring (bicyclic) bond motifs is 1. The minimum atomic E-state index is -1.68. The predicted molar refractivity (Wildman–Crippen MR) is 360 cm³/mol. The number of nitrogens with zero attached hydrogens (tertiary/aromatic N) is 9. The molecule has 26 nitrogen and oxygen atoms in total. The molecule has 0 bridgehead atoms. The number of aliphatic carboxylic acids is 1. The van der Waals surface area contributed by atoms with Gasteiger partial charge in [-0.2, -0.15) is 5.26 Å². The molecule has 4 saturated heterocycles. The van der Waals surface area contributed by atoms with Gasteiger partial charge in [0.25, 0.3) is 18.9 Å². The highest BCUT2D eigenvalue weighted by atomic mass is 32.2. The van der Waals surface area contributed by atoms with Crippen molar-refractivity contribution in [3.8, 4) is 11.8 Å². The van der Waals surface area contributed by atoms with Gasteiger partial charge in [0, 0.05) is 121 Å². The minimum absolute atomic E-state index is 0.000664. The van der Waals surface area contributed by atoms with Crippen molar-refractivity contribution in [2.75, 3.05) is 131 Å². The zero-order valence-electron chi connectivity index (χ0n) is 56.3. The Balaban J connectivity index is 0.866. The number of aromatic nitrogens is 1. The van der Waals surface area contributed by atoms with Crippen molar-refractivity contribution >= 4 is 82.9 Å². The van der Waals surface area contributed by atoms with E-state index in [9.17, 15) is 62.7 Å². The molecule has 0 radical (unpaired) electrons. The number of halogens is 1. The lowest BCUT2D eigenvalue weighted by Crippen LogP contribution is -2.49. The third kappa shape index (κ3) is 25.5. The molecule has 7 amide bonds. The minimum Gasteiger partial charge on any atom is -0.494 e. The lowest BCUT2D eigenvalue weighted by atomic mass is 9.91. The summed E-state index contributed by atoms with van der Waals surface area (Å²) in [5, 5.41) is 27.4. The number of hydrogen-bond donors (Lipinski definition) is 4. The van der Waals surface area contributed by atoms with Crippen LogP contribution in [0.15, 0.2) is 54.7 Å². The molecular formula is C69H97FN12O14S. The topological polar surface area (TPSA) is 314 Å². The zero-order chi connectivity index (χ0) is 69.7. The maximum Gasteiger partial charge on any atom is 0.317 e. The monoisotopic (exact) mass is 1370 g/mol. The van der Waals surface area contributed by atoms with Gasteiger partial charge >= 0.3 is 5.97 Å². The summed E-state index contributed by atoms with van der Waals surface area (Å²) in [5.74, 6) is -2.92. The number of thioether (sulfide) groups is 1. The third-order valence-electron chi connectivity index (χ3n) is 18.3. The average Bonchev–Trinajstić information content (AvgIpc) is 1.69. The van der Waals surface area contributed by atoms with Crippen LogP contribution in [0.3, 0.4) is 0 Å². The second-order valence-corrected chi connectivity index (χ2v) is 27.6. The molecule has 7 rings (SSSR count). The first-order valence-corrected chi connectivity index (χ1v) is 34.9. The van der Waals surface area contributed by atoms with Gasteiger partial charge in [-0.3, -0.25) is 77.4 Å². The quantitative estimate of drug-likeness (QED) is 0.0361. The van der Waals surface area contributed by atoms with Crippen LogP contribution in [-0.2, 0) is 59.0 Å². The average molecular weight is 1370 g/mol. The van der Waals surface area contributed by atoms with Crippen LogP contribution < -0.4 is 20.7 Å². The van der Waals surface area contributed by atoms with Crippen LogP contribution >= 0.6 is 11.8 Å². The van der Waals surface area contributed by atoms with Crippen molar-refractivity contribution in [1.29, 1.82) is 5.26 Å². The number of pyridine rings is 1. The maximum absolute atomic E-state index is 14.6. The predicted octanol–water partition coefficient (Wildman–Crippen LogP) is 4.16. The standard InChI is InChI=1S/C69H97FN12O14S/c1-50-14-16-52(17-15-50)11-9-13-61(85)73-23-7-4-5-12-56(40-74-62(86)43-76-27-28-77(44-65(89)90)30-32-79(47-95-49-84)34-33-78(31-29-76)46-94-48-83)97-60-37-63(87)81(68(60)93)42-51(2)67(92)80-25-21-53(22-26-80)10-6-8-35-96-55-18-19-59-58(36-55)57(20-24-72-59)66(91)75-41-64(88)82-45-69(3,70)38-54(82)39-71/h14-20,24,36,48-49,51,53-54,56,60H,4-13,21-23,25-35,37-38,40-47H2,1-3H3,(H,73,85)(H,74,86)(H,75,91)(H,89,90)/t51?,54-,56?,60?,69?/m1/s1. The normalized spacial score (nSPS) is 20.3. The van der Waals surface area contributed by atoms with Gasteiger partial charge in [-0.25, -0.2) is 4.39 Å². The van der Waals surface area contributed by atoms with Gasteiger partial charge < -0.3 is 45.1 Å². The first-order valence-electron chi connectivity index (χ1n) is 34.0. The van der Waals surface area contributed by atoms with Crippen LogP contribution in [0.5, 0.6) is 5.75 Å². The first-order chi connectivity index (χ1) is 46.7. The number of aryl methyl sites for hydroxylation is 2. The summed E-state index contributed by atoms with van der Waals surface area (Å²) in [4.78, 5) is 145. The fraction of sp³-hybridized carbons (Fsp3) is 0.623. The van der Waals surface area contributed by atoms with E-state index in [1.165, 1.54) is 40.9 Å². The van der Waals surface area contributed by atoms with Gasteiger partial charge in [0.1, 0.15) is 30.9 Å². The Morgan fingerprint density at radius 3 is 2.14 bits per heavy atom. The number of piperidine rings is 1. The highest BCUT2D eigenvalue weighted by Gasteiger charge is 2.44. The number of carbonyl (C=O) groups is 10. The van der Waals surface area contributed by atoms with E-state index in [1.807, 2.05) is 32.6 Å². The van der Waals surface area contributed by atoms with Crippen LogP contribution in [-0.4, -0.2) is 258 Å². The van der Waals surface area contributed by atoms with Gasteiger partial charge in [-0.05, 0) is 101 Å². The summed E-state index contributed by atoms with van der Waals surface area (Å²) in [7, 11) is 0. The van der Waals surface area contributed by atoms with Crippen LogP contribution in [0.2, 0.25) is 0 Å². The molecule has 0 spiro atoms. The van der Waals surface area contributed by atoms with Crippen LogP contribution in [0.25, 0.3) is 10.9 Å². The Kier molecular flexibility index (Phi) is 31.2. The van der Waals surface area contributed by atoms with Gasteiger partial charge in [-0.1, -0.05) is 56.0 Å².